The van der Waals surface area contributed by atoms with Crippen molar-refractivity contribution in [1.82, 2.24) is 0 Å². The van der Waals surface area contributed by atoms with Crippen molar-refractivity contribution in [3.63, 3.8) is 0 Å². The van der Waals surface area contributed by atoms with E-state index in [2.05, 4.69) is 165 Å². The van der Waals surface area contributed by atoms with Crippen LogP contribution in [0.15, 0.2) is 178 Å². The van der Waals surface area contributed by atoms with E-state index in [0.29, 0.717) is 138 Å². The Morgan fingerprint density at radius 2 is 0.446 bits per heavy atom. The van der Waals surface area contributed by atoms with E-state index in [1.807, 2.05) is 48.5 Å². The summed E-state index contributed by atoms with van der Waals surface area (Å²) in [5, 5.41) is 19.9. The predicted molar refractivity (Wildman–Crippen MR) is 443 cm³/mol. The number of hydrogen-bond acceptors (Lipinski definition) is 16. The second-order valence-electron chi connectivity index (χ2n) is 29.2. The third-order valence-electron chi connectivity index (χ3n) is 20.0. The number of nitrogens with zero attached hydrogens (tertiary/aromatic N) is 4. The smallest absolute Gasteiger partial charge is 0.126 e. The van der Waals surface area contributed by atoms with Gasteiger partial charge in [-0.1, -0.05) is 91.8 Å². The molecule has 10 aromatic carbocycles. The topological polar surface area (TPSA) is 160 Å². The highest BCUT2D eigenvalue weighted by Crippen LogP contribution is 2.47. The number of benzene rings is 10. The summed E-state index contributed by atoms with van der Waals surface area (Å²) in [6.45, 7) is 21.6. The molecule has 0 radical (unpaired) electrons. The van der Waals surface area contributed by atoms with Gasteiger partial charge in [-0.3, -0.25) is 0 Å². The van der Waals surface area contributed by atoms with Crippen molar-refractivity contribution in [3.8, 4) is 69.0 Å². The molecule has 0 N–H and O–H groups in total. The molecular weight excluding hydrogens is 1400 g/mol. The van der Waals surface area contributed by atoms with E-state index >= 15 is 0 Å². The molecule has 2 aliphatic heterocycles. The summed E-state index contributed by atoms with van der Waals surface area (Å²) in [5.74, 6) is 9.16. The minimum Gasteiger partial charge on any atom is -0.497 e. The van der Waals surface area contributed by atoms with Crippen molar-refractivity contribution in [2.24, 2.45) is 20.5 Å². The van der Waals surface area contributed by atoms with Crippen LogP contribution in [0.3, 0.4) is 0 Å². The van der Waals surface area contributed by atoms with E-state index in [0.717, 1.165) is 209 Å². The van der Waals surface area contributed by atoms with E-state index in [9.17, 15) is 0 Å². The molecule has 4 aliphatic rings. The number of fused-ring (bicyclic) bond motifs is 2. The summed E-state index contributed by atoms with van der Waals surface area (Å²) < 4.78 is 83.2. The van der Waals surface area contributed by atoms with E-state index < -0.39 is 0 Å². The Balaban J connectivity index is 1.14. The molecule has 0 unspecified atom stereocenters. The Labute approximate surface area is 661 Å². The normalized spacial score (nSPS) is 13.0. The molecule has 112 heavy (non-hydrogen) atoms. The van der Waals surface area contributed by atoms with Crippen molar-refractivity contribution in [3.05, 3.63) is 258 Å². The van der Waals surface area contributed by atoms with Crippen LogP contribution in [-0.4, -0.2) is 67.1 Å². The standard InChI is InChI=1S/C96H108N4O12/c1-11-33-103-89-65-21-19-22-66(89)46-70-42-64-44-72(92(70)106-36-14-4)48-68-24-20-23-67(90(68)104-34-12-2)47-71-43-63(41-69(45-65)91(71)105-35-13-3)61-111-87-57-77-49-73-53-83(99-97-81-25-29-85(101-9)30-26-81)55-75(93(73)107-37-15-5)51-79-59-88(112-62-64)60-80(96(79)110-40-18-8)52-76-56-84(100-98-82-27-31-86(102-10)32-28-82)54-74(94(76)108-38-16-6)50-78(58-87)95(77)109-39-17-7/h19-32,41-44,53-60H,11-18,33-40,45-52,61-62H2,1-10H3. The van der Waals surface area contributed by atoms with Gasteiger partial charge in [-0.15, -0.1) is 0 Å². The molecule has 14 rings (SSSR count). The first-order valence-corrected chi connectivity index (χ1v) is 40.5. The lowest BCUT2D eigenvalue weighted by atomic mass is 9.89. The first kappa shape index (κ1) is 79.1. The van der Waals surface area contributed by atoms with Crippen LogP contribution in [0.4, 0.5) is 22.7 Å². The molecule has 20 bridgehead atoms. The van der Waals surface area contributed by atoms with Crippen LogP contribution in [0.25, 0.3) is 0 Å². The van der Waals surface area contributed by atoms with Gasteiger partial charge in [-0.2, -0.15) is 20.5 Å². The summed E-state index contributed by atoms with van der Waals surface area (Å²) in [6, 6.07) is 54.7. The summed E-state index contributed by atoms with van der Waals surface area (Å²) in [4.78, 5) is 0. The zero-order valence-electron chi connectivity index (χ0n) is 67.1. The number of azo groups is 2. The van der Waals surface area contributed by atoms with Crippen LogP contribution in [0.1, 0.15) is 207 Å². The van der Waals surface area contributed by atoms with Gasteiger partial charge in [0.05, 0.1) is 89.8 Å². The quantitative estimate of drug-likeness (QED) is 0.0393. The van der Waals surface area contributed by atoms with Crippen LogP contribution in [0.5, 0.6) is 69.0 Å². The van der Waals surface area contributed by atoms with Crippen LogP contribution >= 0.6 is 0 Å². The SMILES string of the molecule is CCCOc1c2cccc1Cc1cc3cc(c1OCCC)Cc1cccc(c1OCCC)Cc1cc(cc(c1OCCC)C2)COc1cc2c(OCCC)c(c1)Cc1cc(N=Nc4ccc(OC)cc4)cc(c1OCCC)Cc1cc(cc(c1OCCC)Cc1cc(N=Nc4ccc(OC)cc4)cc(c1OCCC)C2)OC3. The van der Waals surface area contributed by atoms with Gasteiger partial charge < -0.3 is 56.8 Å². The van der Waals surface area contributed by atoms with Crippen LogP contribution in [0, 0.1) is 0 Å². The Bertz CT molecular complexity index is 4440. The van der Waals surface area contributed by atoms with E-state index in [1.54, 1.807) is 14.2 Å². The fourth-order valence-corrected chi connectivity index (χ4v) is 15.0. The maximum Gasteiger partial charge on any atom is 0.126 e. The fraction of sp³-hybridized carbons (Fsp3) is 0.375. The maximum atomic E-state index is 7.48. The highest BCUT2D eigenvalue weighted by atomic mass is 16.5. The largest absolute Gasteiger partial charge is 0.497 e. The van der Waals surface area contributed by atoms with Gasteiger partial charge in [0.2, 0.25) is 0 Å². The molecule has 2 heterocycles. The van der Waals surface area contributed by atoms with Gasteiger partial charge in [-0.05, 0) is 228 Å². The van der Waals surface area contributed by atoms with Gasteiger partial charge in [0.1, 0.15) is 82.2 Å². The number of hydrogen-bond donors (Lipinski definition) is 0. The van der Waals surface area contributed by atoms with Gasteiger partial charge in [0.25, 0.3) is 0 Å². The van der Waals surface area contributed by atoms with Gasteiger partial charge >= 0.3 is 0 Å². The van der Waals surface area contributed by atoms with E-state index in [-0.39, 0.29) is 13.2 Å². The summed E-state index contributed by atoms with van der Waals surface area (Å²) in [6.07, 6.45) is 9.80. The molecule has 0 fully saturated rings. The van der Waals surface area contributed by atoms with Crippen LogP contribution in [-0.2, 0) is 64.6 Å². The molecular formula is C96H108N4O12. The summed E-state index contributed by atoms with van der Waals surface area (Å²) in [5.41, 5.74) is 20.0. The lowest BCUT2D eigenvalue weighted by Gasteiger charge is -2.25. The van der Waals surface area contributed by atoms with E-state index in [4.69, 9.17) is 77.3 Å². The average molecular weight is 1510 g/mol. The lowest BCUT2D eigenvalue weighted by Crippen LogP contribution is -2.12. The van der Waals surface area contributed by atoms with Crippen molar-refractivity contribution < 1.29 is 56.8 Å². The predicted octanol–water partition coefficient (Wildman–Crippen LogP) is 23.7. The minimum absolute atomic E-state index is 0.205. The minimum atomic E-state index is 0.205. The molecule has 0 spiro atoms. The molecule has 2 aliphatic carbocycles. The number of ether oxygens (including phenoxy) is 12. The first-order valence-electron chi connectivity index (χ1n) is 40.5. The molecule has 10 aromatic rings. The lowest BCUT2D eigenvalue weighted by molar-refractivity contribution is 0.293. The average Bonchev–Trinajstić information content (AvgIpc) is 0.772. The Hall–Kier alpha value is -11.0. The molecule has 0 saturated carbocycles. The zero-order valence-corrected chi connectivity index (χ0v) is 67.1. The monoisotopic (exact) mass is 1510 g/mol. The van der Waals surface area contributed by atoms with Gasteiger partial charge in [-0.25, -0.2) is 0 Å². The number of methoxy groups -OCH3 is 2. The first-order chi connectivity index (χ1) is 55.0. The Morgan fingerprint density at radius 1 is 0.241 bits per heavy atom. The fourth-order valence-electron chi connectivity index (χ4n) is 15.0. The molecule has 0 amide bonds. The molecule has 16 nitrogen and oxygen atoms in total. The second-order valence-corrected chi connectivity index (χ2v) is 29.2. The van der Waals surface area contributed by atoms with Crippen molar-refractivity contribution in [1.29, 1.82) is 0 Å². The molecule has 584 valence electrons. The molecule has 0 atom stereocenters. The maximum absolute atomic E-state index is 7.48. The summed E-state index contributed by atoms with van der Waals surface area (Å²) >= 11 is 0. The van der Waals surface area contributed by atoms with E-state index in [1.165, 1.54) is 0 Å². The zero-order chi connectivity index (χ0) is 77.7. The van der Waals surface area contributed by atoms with Crippen molar-refractivity contribution in [2.45, 2.75) is 171 Å². The highest BCUT2D eigenvalue weighted by Gasteiger charge is 2.29. The molecule has 0 aromatic heterocycles. The van der Waals surface area contributed by atoms with Gasteiger partial charge in [0, 0.05) is 95.9 Å². The third kappa shape index (κ3) is 19.5. The molecule has 16 heteroatoms. The summed E-state index contributed by atoms with van der Waals surface area (Å²) in [7, 11) is 3.32. The van der Waals surface area contributed by atoms with Crippen molar-refractivity contribution in [2.75, 3.05) is 67.1 Å². The number of para-hydroxylation sites is 2. The molecule has 0 saturated heterocycles. The van der Waals surface area contributed by atoms with Gasteiger partial charge in [0.15, 0.2) is 0 Å². The third-order valence-corrected chi connectivity index (χ3v) is 20.0. The Kier molecular flexibility index (Phi) is 27.4. The van der Waals surface area contributed by atoms with Crippen LogP contribution in [0.2, 0.25) is 0 Å². The Morgan fingerprint density at radius 3 is 0.679 bits per heavy atom. The highest BCUT2D eigenvalue weighted by molar-refractivity contribution is 5.65. The van der Waals surface area contributed by atoms with Crippen LogP contribution < -0.4 is 56.8 Å². The number of rotatable bonds is 30. The second kappa shape index (κ2) is 38.8. The van der Waals surface area contributed by atoms with Crippen molar-refractivity contribution >= 4 is 22.7 Å².